The topological polar surface area (TPSA) is 51.5 Å². The van der Waals surface area contributed by atoms with Gasteiger partial charge in [0.05, 0.1) is 0 Å². The van der Waals surface area contributed by atoms with E-state index in [1.807, 2.05) is 28.8 Å². The fourth-order valence-corrected chi connectivity index (χ4v) is 2.35. The first-order chi connectivity index (χ1) is 8.93. The molecule has 1 fully saturated rings. The standard InChI is InChI=1S/C13H18N4O/c1-2-8-17-12(3-1)15-16-13(17)4-7-14-11-5-9-18-10-6-11/h1-3,8,11,14H,4-7,9-10H2. The molecule has 1 saturated heterocycles. The van der Waals surface area contributed by atoms with Crippen molar-refractivity contribution in [3.63, 3.8) is 0 Å². The van der Waals surface area contributed by atoms with Crippen molar-refractivity contribution in [1.82, 2.24) is 19.9 Å². The molecular formula is C13H18N4O. The second kappa shape index (κ2) is 5.46. The van der Waals surface area contributed by atoms with Crippen LogP contribution in [0.2, 0.25) is 0 Å². The summed E-state index contributed by atoms with van der Waals surface area (Å²) in [4.78, 5) is 0. The smallest absolute Gasteiger partial charge is 0.160 e. The maximum Gasteiger partial charge on any atom is 0.160 e. The van der Waals surface area contributed by atoms with Crippen LogP contribution in [0.25, 0.3) is 5.65 Å². The van der Waals surface area contributed by atoms with E-state index in [0.717, 1.165) is 50.5 Å². The van der Waals surface area contributed by atoms with Gasteiger partial charge in [-0.2, -0.15) is 0 Å². The monoisotopic (exact) mass is 246 g/mol. The third-order valence-corrected chi connectivity index (χ3v) is 3.39. The summed E-state index contributed by atoms with van der Waals surface area (Å²) in [6.07, 6.45) is 5.14. The van der Waals surface area contributed by atoms with E-state index in [1.165, 1.54) is 0 Å². The minimum atomic E-state index is 0.595. The summed E-state index contributed by atoms with van der Waals surface area (Å²) in [5, 5.41) is 11.9. The van der Waals surface area contributed by atoms with E-state index < -0.39 is 0 Å². The number of ether oxygens (including phenoxy) is 1. The maximum atomic E-state index is 5.34. The Bertz CT molecular complexity index is 504. The molecule has 0 aromatic carbocycles. The van der Waals surface area contributed by atoms with Gasteiger partial charge in [0.15, 0.2) is 5.65 Å². The van der Waals surface area contributed by atoms with Crippen molar-refractivity contribution in [2.75, 3.05) is 19.8 Å². The molecule has 3 heterocycles. The molecule has 0 spiro atoms. The average Bonchev–Trinajstić information content (AvgIpc) is 2.84. The number of pyridine rings is 1. The van der Waals surface area contributed by atoms with Crippen LogP contribution in [-0.2, 0) is 11.2 Å². The van der Waals surface area contributed by atoms with Gasteiger partial charge in [0, 0.05) is 38.4 Å². The van der Waals surface area contributed by atoms with Crippen molar-refractivity contribution in [2.45, 2.75) is 25.3 Å². The van der Waals surface area contributed by atoms with Gasteiger partial charge in [0.2, 0.25) is 0 Å². The van der Waals surface area contributed by atoms with E-state index in [0.29, 0.717) is 6.04 Å². The lowest BCUT2D eigenvalue weighted by Gasteiger charge is -2.22. The van der Waals surface area contributed by atoms with E-state index >= 15 is 0 Å². The molecule has 2 aromatic rings. The molecule has 0 bridgehead atoms. The predicted molar refractivity (Wildman–Crippen MR) is 68.5 cm³/mol. The Hall–Kier alpha value is -1.46. The zero-order chi connectivity index (χ0) is 12.2. The highest BCUT2D eigenvalue weighted by atomic mass is 16.5. The molecule has 18 heavy (non-hydrogen) atoms. The summed E-state index contributed by atoms with van der Waals surface area (Å²) in [7, 11) is 0. The molecule has 96 valence electrons. The lowest BCUT2D eigenvalue weighted by Crippen LogP contribution is -2.36. The first-order valence-electron chi connectivity index (χ1n) is 6.53. The van der Waals surface area contributed by atoms with Crippen molar-refractivity contribution in [3.05, 3.63) is 30.2 Å². The SMILES string of the molecule is c1ccn2c(CCNC3CCOCC3)nnc2c1. The Labute approximate surface area is 106 Å². The number of hydrogen-bond donors (Lipinski definition) is 1. The molecule has 5 nitrogen and oxygen atoms in total. The fraction of sp³-hybridized carbons (Fsp3) is 0.538. The van der Waals surface area contributed by atoms with Crippen molar-refractivity contribution < 1.29 is 4.74 Å². The zero-order valence-corrected chi connectivity index (χ0v) is 10.4. The zero-order valence-electron chi connectivity index (χ0n) is 10.4. The lowest BCUT2D eigenvalue weighted by atomic mass is 10.1. The Balaban J connectivity index is 1.56. The van der Waals surface area contributed by atoms with Crippen LogP contribution in [0.5, 0.6) is 0 Å². The first-order valence-corrected chi connectivity index (χ1v) is 6.53. The van der Waals surface area contributed by atoms with Gasteiger partial charge in [0.25, 0.3) is 0 Å². The van der Waals surface area contributed by atoms with Gasteiger partial charge in [-0.15, -0.1) is 10.2 Å². The summed E-state index contributed by atoms with van der Waals surface area (Å²) in [6.45, 7) is 2.71. The lowest BCUT2D eigenvalue weighted by molar-refractivity contribution is 0.0781. The fourth-order valence-electron chi connectivity index (χ4n) is 2.35. The molecule has 0 unspecified atom stereocenters. The van der Waals surface area contributed by atoms with Crippen molar-refractivity contribution in [3.8, 4) is 0 Å². The van der Waals surface area contributed by atoms with E-state index in [9.17, 15) is 0 Å². The predicted octanol–water partition coefficient (Wildman–Crippen LogP) is 1.04. The average molecular weight is 246 g/mol. The first kappa shape index (κ1) is 11.6. The van der Waals surface area contributed by atoms with Gasteiger partial charge < -0.3 is 10.1 Å². The van der Waals surface area contributed by atoms with Crippen LogP contribution >= 0.6 is 0 Å². The maximum absolute atomic E-state index is 5.34. The molecule has 3 rings (SSSR count). The molecule has 0 radical (unpaired) electrons. The van der Waals surface area contributed by atoms with Crippen LogP contribution in [0.1, 0.15) is 18.7 Å². The third-order valence-electron chi connectivity index (χ3n) is 3.39. The summed E-state index contributed by atoms with van der Waals surface area (Å²) >= 11 is 0. The number of fused-ring (bicyclic) bond motifs is 1. The molecule has 1 aliphatic rings. The van der Waals surface area contributed by atoms with Gasteiger partial charge in [-0.3, -0.25) is 4.40 Å². The summed E-state index contributed by atoms with van der Waals surface area (Å²) < 4.78 is 7.39. The van der Waals surface area contributed by atoms with Crippen molar-refractivity contribution >= 4 is 5.65 Å². The van der Waals surface area contributed by atoms with Crippen LogP contribution in [0.3, 0.4) is 0 Å². The van der Waals surface area contributed by atoms with Gasteiger partial charge in [-0.05, 0) is 25.0 Å². The molecule has 2 aromatic heterocycles. The molecule has 0 amide bonds. The minimum absolute atomic E-state index is 0.595. The third kappa shape index (κ3) is 2.52. The minimum Gasteiger partial charge on any atom is -0.381 e. The van der Waals surface area contributed by atoms with Gasteiger partial charge in [-0.1, -0.05) is 6.07 Å². The largest absolute Gasteiger partial charge is 0.381 e. The Morgan fingerprint density at radius 1 is 1.28 bits per heavy atom. The number of hydrogen-bond acceptors (Lipinski definition) is 4. The Kier molecular flexibility index (Phi) is 3.52. The number of nitrogens with zero attached hydrogens (tertiary/aromatic N) is 3. The highest BCUT2D eigenvalue weighted by molar-refractivity contribution is 5.36. The summed E-state index contributed by atoms with van der Waals surface area (Å²) in [6, 6.07) is 6.56. The molecule has 5 heteroatoms. The van der Waals surface area contributed by atoms with Gasteiger partial charge >= 0.3 is 0 Å². The number of aromatic nitrogens is 3. The summed E-state index contributed by atoms with van der Waals surface area (Å²) in [5.41, 5.74) is 0.915. The molecule has 1 N–H and O–H groups in total. The van der Waals surface area contributed by atoms with Crippen LogP contribution in [-0.4, -0.2) is 40.4 Å². The van der Waals surface area contributed by atoms with Gasteiger partial charge in [-0.25, -0.2) is 0 Å². The van der Waals surface area contributed by atoms with E-state index in [-0.39, 0.29) is 0 Å². The van der Waals surface area contributed by atoms with Crippen LogP contribution in [0.15, 0.2) is 24.4 Å². The normalized spacial score (nSPS) is 17.3. The van der Waals surface area contributed by atoms with Crippen molar-refractivity contribution in [2.24, 2.45) is 0 Å². The Morgan fingerprint density at radius 2 is 2.17 bits per heavy atom. The molecule has 0 saturated carbocycles. The highest BCUT2D eigenvalue weighted by Crippen LogP contribution is 2.07. The van der Waals surface area contributed by atoms with E-state index in [4.69, 9.17) is 4.74 Å². The highest BCUT2D eigenvalue weighted by Gasteiger charge is 2.13. The van der Waals surface area contributed by atoms with Crippen LogP contribution in [0, 0.1) is 0 Å². The van der Waals surface area contributed by atoms with Gasteiger partial charge in [0.1, 0.15) is 5.82 Å². The number of nitrogens with one attached hydrogen (secondary N) is 1. The molecule has 1 aliphatic heterocycles. The van der Waals surface area contributed by atoms with E-state index in [1.54, 1.807) is 0 Å². The quantitative estimate of drug-likeness (QED) is 0.875. The molecule has 0 atom stereocenters. The second-order valence-electron chi connectivity index (χ2n) is 4.64. The van der Waals surface area contributed by atoms with Crippen molar-refractivity contribution in [1.29, 1.82) is 0 Å². The summed E-state index contributed by atoms with van der Waals surface area (Å²) in [5.74, 6) is 1.02. The molecular weight excluding hydrogens is 228 g/mol. The second-order valence-corrected chi connectivity index (χ2v) is 4.64. The van der Waals surface area contributed by atoms with E-state index in [2.05, 4.69) is 15.5 Å². The van der Waals surface area contributed by atoms with Crippen LogP contribution in [0.4, 0.5) is 0 Å². The van der Waals surface area contributed by atoms with Crippen LogP contribution < -0.4 is 5.32 Å². The number of rotatable bonds is 4. The Morgan fingerprint density at radius 3 is 3.06 bits per heavy atom. The molecule has 0 aliphatic carbocycles.